The molecule has 2 fully saturated rings. The van der Waals surface area contributed by atoms with E-state index in [-0.39, 0.29) is 36.2 Å². The van der Waals surface area contributed by atoms with Crippen LogP contribution < -0.4 is 14.5 Å². The van der Waals surface area contributed by atoms with Crippen molar-refractivity contribution in [2.24, 2.45) is 0 Å². The van der Waals surface area contributed by atoms with E-state index < -0.39 is 16.1 Å². The van der Waals surface area contributed by atoms with E-state index in [1.165, 1.54) is 24.0 Å². The van der Waals surface area contributed by atoms with Gasteiger partial charge in [-0.2, -0.15) is 0 Å². The maximum atomic E-state index is 13.4. The maximum absolute atomic E-state index is 13.4. The number of pyridine rings is 1. The van der Waals surface area contributed by atoms with Crippen molar-refractivity contribution in [1.82, 2.24) is 14.8 Å². The molecule has 0 radical (unpaired) electrons. The fourth-order valence-electron chi connectivity index (χ4n) is 4.57. The van der Waals surface area contributed by atoms with Crippen molar-refractivity contribution in [1.29, 1.82) is 0 Å². The number of aryl methyl sites for hydroxylation is 2. The lowest BCUT2D eigenvalue weighted by molar-refractivity contribution is -0.125. The minimum absolute atomic E-state index is 0.0903. The van der Waals surface area contributed by atoms with Crippen molar-refractivity contribution in [3.05, 3.63) is 47.2 Å². The first-order chi connectivity index (χ1) is 16.9. The van der Waals surface area contributed by atoms with Gasteiger partial charge in [-0.15, -0.1) is 0 Å². The van der Waals surface area contributed by atoms with Crippen LogP contribution in [0.3, 0.4) is 0 Å². The molecule has 36 heavy (non-hydrogen) atoms. The van der Waals surface area contributed by atoms with Crippen molar-refractivity contribution >= 4 is 45.1 Å². The molecule has 4 amide bonds. The Balaban J connectivity index is 1.55. The fraction of sp³-hybridized carbons (Fsp3) is 0.417. The first-order valence-electron chi connectivity index (χ1n) is 11.6. The summed E-state index contributed by atoms with van der Waals surface area (Å²) >= 11 is 0. The van der Waals surface area contributed by atoms with Gasteiger partial charge in [0.2, 0.25) is 15.9 Å². The van der Waals surface area contributed by atoms with E-state index in [1.54, 1.807) is 11.0 Å². The quantitative estimate of drug-likeness (QED) is 0.646. The Bertz CT molecular complexity index is 1320. The lowest BCUT2D eigenvalue weighted by Gasteiger charge is -2.36. The molecule has 11 nitrogen and oxygen atoms in total. The first kappa shape index (κ1) is 25.4. The molecule has 2 saturated heterocycles. The van der Waals surface area contributed by atoms with Crippen LogP contribution in [0.1, 0.15) is 28.4 Å². The molecule has 0 unspecified atom stereocenters. The number of carbonyl (C=O) groups excluding carboxylic acids is 3. The van der Waals surface area contributed by atoms with Gasteiger partial charge in [-0.3, -0.25) is 24.1 Å². The van der Waals surface area contributed by atoms with Crippen molar-refractivity contribution < 1.29 is 22.8 Å². The molecule has 0 atom stereocenters. The van der Waals surface area contributed by atoms with E-state index in [2.05, 4.69) is 20.7 Å². The molecular formula is C24H30N6O5S. The van der Waals surface area contributed by atoms with Crippen LogP contribution in [0.4, 0.5) is 22.0 Å². The topological polar surface area (TPSA) is 123 Å². The number of hydrogen-bond donors (Lipinski definition) is 1. The predicted molar refractivity (Wildman–Crippen MR) is 137 cm³/mol. The van der Waals surface area contributed by atoms with Crippen molar-refractivity contribution in [3.8, 4) is 0 Å². The number of aromatic nitrogens is 1. The smallest absolute Gasteiger partial charge is 0.331 e. The number of nitrogens with one attached hydrogen (secondary N) is 1. The Kier molecular flexibility index (Phi) is 6.90. The molecule has 0 saturated carbocycles. The normalized spacial score (nSPS) is 16.5. The van der Waals surface area contributed by atoms with Gasteiger partial charge in [0.05, 0.1) is 17.5 Å². The zero-order valence-electron chi connectivity index (χ0n) is 20.8. The summed E-state index contributed by atoms with van der Waals surface area (Å²) in [7, 11) is -3.70. The van der Waals surface area contributed by atoms with Crippen LogP contribution in [0.5, 0.6) is 0 Å². The molecule has 0 aliphatic carbocycles. The number of anilines is 3. The first-order valence-corrected chi connectivity index (χ1v) is 13.5. The molecule has 3 heterocycles. The zero-order chi connectivity index (χ0) is 26.2. The summed E-state index contributed by atoms with van der Waals surface area (Å²) in [5.41, 5.74) is 2.84. The summed E-state index contributed by atoms with van der Waals surface area (Å²) in [5, 5.41) is 0. The van der Waals surface area contributed by atoms with Crippen LogP contribution in [0.2, 0.25) is 0 Å². The number of imide groups is 1. The number of amides is 4. The van der Waals surface area contributed by atoms with Gasteiger partial charge in [-0.05, 0) is 43.2 Å². The monoisotopic (exact) mass is 514 g/mol. The second-order valence-corrected chi connectivity index (χ2v) is 10.9. The molecule has 1 aromatic carbocycles. The number of rotatable bonds is 5. The second-order valence-electron chi connectivity index (χ2n) is 9.14. The highest BCUT2D eigenvalue weighted by Gasteiger charge is 2.33. The number of piperazine rings is 1. The van der Waals surface area contributed by atoms with Gasteiger partial charge < -0.3 is 9.80 Å². The summed E-state index contributed by atoms with van der Waals surface area (Å²) in [6, 6.07) is 6.17. The lowest BCUT2D eigenvalue weighted by Crippen LogP contribution is -2.49. The van der Waals surface area contributed by atoms with E-state index in [0.29, 0.717) is 31.9 Å². The van der Waals surface area contributed by atoms with Gasteiger partial charge in [0.15, 0.2) is 0 Å². The van der Waals surface area contributed by atoms with Crippen molar-refractivity contribution in [3.63, 3.8) is 0 Å². The fourth-order valence-corrected chi connectivity index (χ4v) is 5.14. The van der Waals surface area contributed by atoms with Crippen LogP contribution in [0, 0.1) is 13.8 Å². The molecule has 12 heteroatoms. The Morgan fingerprint density at radius 1 is 1.00 bits per heavy atom. The van der Waals surface area contributed by atoms with Crippen LogP contribution in [-0.2, 0) is 14.8 Å². The van der Waals surface area contributed by atoms with Crippen LogP contribution in [-0.4, -0.2) is 86.6 Å². The average molecular weight is 515 g/mol. The third kappa shape index (κ3) is 5.27. The Morgan fingerprint density at radius 3 is 2.28 bits per heavy atom. The molecule has 2 aliphatic heterocycles. The van der Waals surface area contributed by atoms with Crippen LogP contribution in [0.25, 0.3) is 0 Å². The summed E-state index contributed by atoms with van der Waals surface area (Å²) in [4.78, 5) is 48.6. The molecule has 2 aromatic rings. The van der Waals surface area contributed by atoms with Gasteiger partial charge in [-0.25, -0.2) is 18.2 Å². The molecule has 0 spiro atoms. The lowest BCUT2D eigenvalue weighted by atomic mass is 10.1. The van der Waals surface area contributed by atoms with Crippen molar-refractivity contribution in [2.75, 3.05) is 60.0 Å². The minimum atomic E-state index is -3.70. The van der Waals surface area contributed by atoms with E-state index in [0.717, 1.165) is 28.1 Å². The molecule has 1 aromatic heterocycles. The predicted octanol–water partition coefficient (Wildman–Crippen LogP) is 1.82. The average Bonchev–Trinajstić information content (AvgIpc) is 3.19. The summed E-state index contributed by atoms with van der Waals surface area (Å²) in [6.45, 7) is 7.93. The van der Waals surface area contributed by atoms with Crippen molar-refractivity contribution in [2.45, 2.75) is 20.8 Å². The number of benzene rings is 1. The highest BCUT2D eigenvalue weighted by molar-refractivity contribution is 7.92. The number of urea groups is 1. The van der Waals surface area contributed by atoms with Crippen LogP contribution >= 0.6 is 0 Å². The van der Waals surface area contributed by atoms with Gasteiger partial charge in [0.25, 0.3) is 5.91 Å². The van der Waals surface area contributed by atoms with Crippen LogP contribution in [0.15, 0.2) is 30.5 Å². The molecule has 192 valence electrons. The van der Waals surface area contributed by atoms with Gasteiger partial charge in [-0.1, -0.05) is 6.07 Å². The van der Waals surface area contributed by atoms with E-state index >= 15 is 0 Å². The largest absolute Gasteiger partial charge is 0.353 e. The minimum Gasteiger partial charge on any atom is -0.353 e. The Hall–Kier alpha value is -3.67. The van der Waals surface area contributed by atoms with Gasteiger partial charge in [0.1, 0.15) is 5.82 Å². The highest BCUT2D eigenvalue weighted by atomic mass is 32.2. The van der Waals surface area contributed by atoms with Gasteiger partial charge >= 0.3 is 6.03 Å². The molecular weight excluding hydrogens is 484 g/mol. The molecule has 1 N–H and O–H groups in total. The molecule has 4 rings (SSSR count). The summed E-state index contributed by atoms with van der Waals surface area (Å²) in [6.07, 6.45) is 2.83. The van der Waals surface area contributed by atoms with E-state index in [1.807, 2.05) is 20.0 Å². The van der Waals surface area contributed by atoms with E-state index in [4.69, 9.17) is 0 Å². The second kappa shape index (κ2) is 9.76. The molecule has 0 bridgehead atoms. The SMILES string of the molecule is CC(=O)N1CCN(c2ccc(C(=O)N3CCN(c4ncc(C)cc4C)CC3)c(NS(C)(=O)=O)c2)C1=O. The number of carbonyl (C=O) groups is 3. The van der Waals surface area contributed by atoms with E-state index in [9.17, 15) is 22.8 Å². The summed E-state index contributed by atoms with van der Waals surface area (Å²) in [5.74, 6) is 0.226. The van der Waals surface area contributed by atoms with Gasteiger partial charge in [0, 0.05) is 58.1 Å². The Morgan fingerprint density at radius 2 is 1.69 bits per heavy atom. The number of sulfonamides is 1. The molecule has 2 aliphatic rings. The standard InChI is InChI=1S/C24H30N6O5S/c1-16-13-17(2)22(25-15-16)27-7-9-28(10-8-27)23(32)20-6-5-19(14-21(20)26-36(4,34)35)30-12-11-29(18(3)31)24(30)33/h5-6,13-15,26H,7-12H2,1-4H3. The zero-order valence-corrected chi connectivity index (χ0v) is 21.6. The third-order valence-electron chi connectivity index (χ3n) is 6.28. The highest BCUT2D eigenvalue weighted by Crippen LogP contribution is 2.29. The summed E-state index contributed by atoms with van der Waals surface area (Å²) < 4.78 is 26.5. The third-order valence-corrected chi connectivity index (χ3v) is 6.87. The maximum Gasteiger partial charge on any atom is 0.331 e. The Labute approximate surface area is 210 Å². The number of nitrogens with zero attached hydrogens (tertiary/aromatic N) is 5. The number of hydrogen-bond acceptors (Lipinski definition) is 7.